The molecule has 1 saturated heterocycles. The fourth-order valence-corrected chi connectivity index (χ4v) is 5.72. The Morgan fingerprint density at radius 1 is 1.04 bits per heavy atom. The molecule has 1 N–H and O–H groups in total. The van der Waals surface area contributed by atoms with Gasteiger partial charge >= 0.3 is 5.97 Å². The van der Waals surface area contributed by atoms with Gasteiger partial charge in [-0.3, -0.25) is 4.79 Å². The number of hydrogen-bond donors (Lipinski definition) is 1. The number of carboxylic acid groups (broad SMARTS) is 1. The molecule has 5 nitrogen and oxygen atoms in total. The third kappa shape index (κ3) is 3.02. The highest BCUT2D eigenvalue weighted by molar-refractivity contribution is 6.07. The Hall–Kier alpha value is -1.95. The molecule has 2 saturated carbocycles. The van der Waals surface area contributed by atoms with Gasteiger partial charge in [0.05, 0.1) is 11.1 Å². The molecule has 0 atom stereocenters. The van der Waals surface area contributed by atoms with E-state index in [1.807, 2.05) is 0 Å². The van der Waals surface area contributed by atoms with Crippen molar-refractivity contribution < 1.29 is 19.1 Å². The molecule has 1 spiro atoms. The van der Waals surface area contributed by atoms with Crippen LogP contribution in [0.2, 0.25) is 0 Å². The number of fused-ring (bicyclic) bond motifs is 1. The molecule has 28 heavy (non-hydrogen) atoms. The highest BCUT2D eigenvalue weighted by Crippen LogP contribution is 2.56. The van der Waals surface area contributed by atoms with Gasteiger partial charge in [-0.05, 0) is 74.5 Å². The van der Waals surface area contributed by atoms with E-state index < -0.39 is 11.8 Å². The van der Waals surface area contributed by atoms with E-state index in [1.54, 1.807) is 4.90 Å². The Morgan fingerprint density at radius 3 is 2.32 bits per heavy atom. The van der Waals surface area contributed by atoms with Crippen molar-refractivity contribution in [3.8, 4) is 0 Å². The monoisotopic (exact) mass is 386 g/mol. The van der Waals surface area contributed by atoms with Gasteiger partial charge in [0.1, 0.15) is 5.82 Å². The number of carbonyl (C=O) groups is 2. The van der Waals surface area contributed by atoms with Crippen molar-refractivity contribution in [2.45, 2.75) is 70.0 Å². The standard InChI is InChI=1S/C22H27FN2O3/c23-15-11-14-13-25(20(26)19(14)18(12-15)21(27)28)17-3-9-24(10-4-17)16-1-5-22(6-2-16)7-8-22/h11-12,16-17H,1-10,13H2,(H,27,28). The van der Waals surface area contributed by atoms with E-state index in [0.29, 0.717) is 23.6 Å². The smallest absolute Gasteiger partial charge is 0.336 e. The summed E-state index contributed by atoms with van der Waals surface area (Å²) in [6.45, 7) is 2.30. The molecular weight excluding hydrogens is 359 g/mol. The Bertz CT molecular complexity index is 817. The van der Waals surface area contributed by atoms with Crippen LogP contribution in [0, 0.1) is 11.2 Å². The second-order valence-corrected chi connectivity index (χ2v) is 9.22. The van der Waals surface area contributed by atoms with E-state index in [2.05, 4.69) is 4.90 Å². The predicted molar refractivity (Wildman–Crippen MR) is 102 cm³/mol. The third-order valence-electron chi connectivity index (χ3n) is 7.66. The molecule has 0 radical (unpaired) electrons. The van der Waals surface area contributed by atoms with Gasteiger partial charge in [-0.2, -0.15) is 0 Å². The number of nitrogens with zero attached hydrogens (tertiary/aromatic N) is 2. The van der Waals surface area contributed by atoms with E-state index in [4.69, 9.17) is 0 Å². The molecule has 1 amide bonds. The van der Waals surface area contributed by atoms with Crippen LogP contribution >= 0.6 is 0 Å². The van der Waals surface area contributed by atoms with Crippen molar-refractivity contribution in [2.75, 3.05) is 13.1 Å². The molecule has 5 rings (SSSR count). The van der Waals surface area contributed by atoms with Gasteiger partial charge in [0, 0.05) is 31.7 Å². The first kappa shape index (κ1) is 18.1. The number of halogens is 1. The van der Waals surface area contributed by atoms with E-state index >= 15 is 0 Å². The number of hydrogen-bond acceptors (Lipinski definition) is 3. The summed E-state index contributed by atoms with van der Waals surface area (Å²) in [6, 6.07) is 3.07. The summed E-state index contributed by atoms with van der Waals surface area (Å²) in [5, 5.41) is 9.36. The van der Waals surface area contributed by atoms with Gasteiger partial charge in [-0.25, -0.2) is 9.18 Å². The van der Waals surface area contributed by atoms with Crippen molar-refractivity contribution in [3.05, 3.63) is 34.6 Å². The Kier molecular flexibility index (Phi) is 4.23. The molecule has 2 aliphatic carbocycles. The van der Waals surface area contributed by atoms with Gasteiger partial charge in [0.2, 0.25) is 0 Å². The molecule has 0 unspecified atom stereocenters. The molecule has 3 fully saturated rings. The van der Waals surface area contributed by atoms with Crippen LogP contribution in [0.1, 0.15) is 77.6 Å². The molecule has 2 heterocycles. The van der Waals surface area contributed by atoms with Gasteiger partial charge in [-0.1, -0.05) is 0 Å². The minimum atomic E-state index is -1.24. The number of carboxylic acids is 1. The van der Waals surface area contributed by atoms with E-state index in [1.165, 1.54) is 44.6 Å². The summed E-state index contributed by atoms with van der Waals surface area (Å²) >= 11 is 0. The maximum absolute atomic E-state index is 13.8. The van der Waals surface area contributed by atoms with Crippen LogP contribution in [0.5, 0.6) is 0 Å². The Morgan fingerprint density at radius 2 is 1.71 bits per heavy atom. The second kappa shape index (κ2) is 6.55. The first-order chi connectivity index (χ1) is 13.5. The van der Waals surface area contributed by atoms with Crippen LogP contribution in [-0.2, 0) is 6.54 Å². The molecule has 0 bridgehead atoms. The summed E-state index contributed by atoms with van der Waals surface area (Å²) in [5.74, 6) is -2.09. The van der Waals surface area contributed by atoms with E-state index in [0.717, 1.165) is 32.0 Å². The highest BCUT2D eigenvalue weighted by atomic mass is 19.1. The average Bonchev–Trinajstić information content (AvgIpc) is 3.36. The largest absolute Gasteiger partial charge is 0.478 e. The van der Waals surface area contributed by atoms with Crippen LogP contribution in [0.15, 0.2) is 12.1 Å². The van der Waals surface area contributed by atoms with Crippen molar-refractivity contribution in [3.63, 3.8) is 0 Å². The summed E-state index contributed by atoms with van der Waals surface area (Å²) in [5.41, 5.74) is 1.18. The third-order valence-corrected chi connectivity index (χ3v) is 7.66. The Labute approximate surface area is 164 Å². The fraction of sp³-hybridized carbons (Fsp3) is 0.636. The van der Waals surface area contributed by atoms with Crippen LogP contribution in [0.4, 0.5) is 4.39 Å². The molecule has 0 aromatic heterocycles. The number of likely N-dealkylation sites (tertiary alicyclic amines) is 1. The number of aromatic carboxylic acids is 1. The van der Waals surface area contributed by atoms with Crippen LogP contribution in [0.25, 0.3) is 0 Å². The van der Waals surface area contributed by atoms with Gasteiger partial charge in [-0.15, -0.1) is 0 Å². The zero-order valence-corrected chi connectivity index (χ0v) is 16.1. The van der Waals surface area contributed by atoms with Gasteiger partial charge in [0.15, 0.2) is 0 Å². The minimum Gasteiger partial charge on any atom is -0.478 e. The van der Waals surface area contributed by atoms with Crippen molar-refractivity contribution in [1.82, 2.24) is 9.80 Å². The highest BCUT2D eigenvalue weighted by Gasteiger charge is 2.46. The average molecular weight is 386 g/mol. The topological polar surface area (TPSA) is 60.9 Å². The lowest BCUT2D eigenvalue weighted by molar-refractivity contribution is 0.0470. The van der Waals surface area contributed by atoms with Crippen molar-refractivity contribution in [1.29, 1.82) is 0 Å². The number of carbonyl (C=O) groups excluding carboxylic acids is 1. The molecule has 6 heteroatoms. The van der Waals surface area contributed by atoms with Crippen molar-refractivity contribution in [2.24, 2.45) is 5.41 Å². The zero-order chi connectivity index (χ0) is 19.5. The number of benzene rings is 1. The first-order valence-corrected chi connectivity index (χ1v) is 10.6. The number of piperidine rings is 1. The van der Waals surface area contributed by atoms with Crippen LogP contribution in [0.3, 0.4) is 0 Å². The lowest BCUT2D eigenvalue weighted by Gasteiger charge is -2.42. The second-order valence-electron chi connectivity index (χ2n) is 9.22. The van der Waals surface area contributed by atoms with Gasteiger partial charge < -0.3 is 14.9 Å². The van der Waals surface area contributed by atoms with Crippen LogP contribution < -0.4 is 0 Å². The summed E-state index contributed by atoms with van der Waals surface area (Å²) in [4.78, 5) is 28.8. The lowest BCUT2D eigenvalue weighted by atomic mass is 9.82. The molecular formula is C22H27FN2O3. The first-order valence-electron chi connectivity index (χ1n) is 10.6. The van der Waals surface area contributed by atoms with Gasteiger partial charge in [0.25, 0.3) is 5.91 Å². The maximum Gasteiger partial charge on any atom is 0.336 e. The normalized spacial score (nSPS) is 25.3. The summed E-state index contributed by atoms with van der Waals surface area (Å²) in [6.07, 6.45) is 10.0. The maximum atomic E-state index is 13.8. The quantitative estimate of drug-likeness (QED) is 0.861. The minimum absolute atomic E-state index is 0.110. The summed E-state index contributed by atoms with van der Waals surface area (Å²) in [7, 11) is 0. The fourth-order valence-electron chi connectivity index (χ4n) is 5.72. The van der Waals surface area contributed by atoms with Crippen LogP contribution in [-0.4, -0.2) is 52.0 Å². The van der Waals surface area contributed by atoms with E-state index in [9.17, 15) is 19.1 Å². The predicted octanol–water partition coefficient (Wildman–Crippen LogP) is 3.67. The lowest BCUT2D eigenvalue weighted by Crippen LogP contribution is -2.49. The Balaban J connectivity index is 1.24. The molecule has 150 valence electrons. The SMILES string of the molecule is O=C(O)c1cc(F)cc2c1C(=O)N(C1CCN(C3CCC4(CC3)CC4)CC1)C2. The number of rotatable bonds is 3. The molecule has 1 aromatic carbocycles. The number of amides is 1. The molecule has 4 aliphatic rings. The molecule has 2 aliphatic heterocycles. The molecule has 1 aromatic rings. The van der Waals surface area contributed by atoms with Crippen molar-refractivity contribution >= 4 is 11.9 Å². The summed E-state index contributed by atoms with van der Waals surface area (Å²) < 4.78 is 13.8. The van der Waals surface area contributed by atoms with E-state index in [-0.39, 0.29) is 23.1 Å². The zero-order valence-electron chi connectivity index (χ0n) is 16.1.